The van der Waals surface area contributed by atoms with Crippen LogP contribution in [0, 0.1) is 0 Å². The second kappa shape index (κ2) is 4.73. The van der Waals surface area contributed by atoms with Gasteiger partial charge in [0.15, 0.2) is 0 Å². The summed E-state index contributed by atoms with van der Waals surface area (Å²) in [6.07, 6.45) is 1.03. The molecule has 3 N–H and O–H groups in total. The Labute approximate surface area is 100 Å². The second-order valence-corrected chi connectivity index (χ2v) is 5.59. The lowest BCUT2D eigenvalue weighted by molar-refractivity contribution is 0.0252. The average molecular weight is 257 g/mol. The standard InChI is InChI=1S/C11H15NO4S/c12-17(14,15)9-1-2-10-8(7-9)4-6-16-11(10)3-5-13/h1-2,7,11,13H,3-6H2,(H2,12,14,15)/t11-/m0/s1. The monoisotopic (exact) mass is 257 g/mol. The minimum absolute atomic E-state index is 0.0427. The maximum absolute atomic E-state index is 11.2. The van der Waals surface area contributed by atoms with E-state index in [-0.39, 0.29) is 17.6 Å². The lowest BCUT2D eigenvalue weighted by atomic mass is 9.96. The van der Waals surface area contributed by atoms with E-state index in [1.807, 2.05) is 0 Å². The van der Waals surface area contributed by atoms with Crippen LogP contribution in [0.3, 0.4) is 0 Å². The summed E-state index contributed by atoms with van der Waals surface area (Å²) >= 11 is 0. The van der Waals surface area contributed by atoms with Crippen LogP contribution in [-0.4, -0.2) is 26.7 Å². The van der Waals surface area contributed by atoms with Gasteiger partial charge in [-0.3, -0.25) is 0 Å². The Balaban J connectivity index is 2.40. The van der Waals surface area contributed by atoms with Crippen LogP contribution >= 0.6 is 0 Å². The molecule has 1 aliphatic heterocycles. The normalized spacial score (nSPS) is 20.0. The number of sulfonamides is 1. The first-order valence-electron chi connectivity index (χ1n) is 5.40. The summed E-state index contributed by atoms with van der Waals surface area (Å²) in [5.41, 5.74) is 1.87. The first-order chi connectivity index (χ1) is 8.02. The number of primary sulfonamides is 1. The lowest BCUT2D eigenvalue weighted by Gasteiger charge is -2.25. The minimum atomic E-state index is -3.66. The molecule has 0 aromatic heterocycles. The number of benzene rings is 1. The third kappa shape index (κ3) is 2.66. The smallest absolute Gasteiger partial charge is 0.238 e. The molecule has 94 valence electrons. The number of rotatable bonds is 3. The van der Waals surface area contributed by atoms with Gasteiger partial charge in [0.05, 0.1) is 17.6 Å². The largest absolute Gasteiger partial charge is 0.396 e. The van der Waals surface area contributed by atoms with Crippen molar-refractivity contribution < 1.29 is 18.3 Å². The molecule has 5 nitrogen and oxygen atoms in total. The first-order valence-corrected chi connectivity index (χ1v) is 6.95. The van der Waals surface area contributed by atoms with E-state index in [1.165, 1.54) is 6.07 Å². The molecule has 0 unspecified atom stereocenters. The van der Waals surface area contributed by atoms with Crippen LogP contribution in [0.4, 0.5) is 0 Å². The van der Waals surface area contributed by atoms with E-state index in [0.717, 1.165) is 11.1 Å². The predicted molar refractivity (Wildman–Crippen MR) is 61.9 cm³/mol. The van der Waals surface area contributed by atoms with Crippen LogP contribution in [-0.2, 0) is 21.2 Å². The zero-order valence-corrected chi connectivity index (χ0v) is 10.1. The van der Waals surface area contributed by atoms with E-state index < -0.39 is 10.0 Å². The number of aliphatic hydroxyl groups excluding tert-OH is 1. The highest BCUT2D eigenvalue weighted by Gasteiger charge is 2.22. The maximum Gasteiger partial charge on any atom is 0.238 e. The molecular formula is C11H15NO4S. The number of ether oxygens (including phenoxy) is 1. The van der Waals surface area contributed by atoms with E-state index in [2.05, 4.69) is 0 Å². The third-order valence-electron chi connectivity index (χ3n) is 2.87. The van der Waals surface area contributed by atoms with Gasteiger partial charge >= 0.3 is 0 Å². The van der Waals surface area contributed by atoms with Crippen LogP contribution in [0.5, 0.6) is 0 Å². The van der Waals surface area contributed by atoms with Gasteiger partial charge in [0.25, 0.3) is 0 Å². The summed E-state index contributed by atoms with van der Waals surface area (Å²) in [5.74, 6) is 0. The zero-order chi connectivity index (χ0) is 12.5. The molecule has 2 rings (SSSR count). The van der Waals surface area contributed by atoms with Crippen molar-refractivity contribution in [1.82, 2.24) is 0 Å². The fraction of sp³-hybridized carbons (Fsp3) is 0.455. The van der Waals surface area contributed by atoms with E-state index in [9.17, 15) is 8.42 Å². The van der Waals surface area contributed by atoms with Crippen LogP contribution < -0.4 is 5.14 Å². The van der Waals surface area contributed by atoms with Crippen molar-refractivity contribution in [3.05, 3.63) is 29.3 Å². The topological polar surface area (TPSA) is 89.6 Å². The van der Waals surface area contributed by atoms with E-state index in [0.29, 0.717) is 19.4 Å². The van der Waals surface area contributed by atoms with Gasteiger partial charge in [-0.25, -0.2) is 13.6 Å². The fourth-order valence-corrected chi connectivity index (χ4v) is 2.61. The van der Waals surface area contributed by atoms with Crippen molar-refractivity contribution in [2.45, 2.75) is 23.8 Å². The number of nitrogens with two attached hydrogens (primary N) is 1. The summed E-state index contributed by atoms with van der Waals surface area (Å²) < 4.78 is 28.0. The summed E-state index contributed by atoms with van der Waals surface area (Å²) in [5, 5.41) is 14.0. The Bertz CT molecular complexity index is 512. The number of hydrogen-bond donors (Lipinski definition) is 2. The molecule has 0 bridgehead atoms. The van der Waals surface area contributed by atoms with E-state index in [4.69, 9.17) is 15.0 Å². The molecule has 0 aliphatic carbocycles. The molecule has 17 heavy (non-hydrogen) atoms. The molecule has 0 fully saturated rings. The highest BCUT2D eigenvalue weighted by atomic mass is 32.2. The first kappa shape index (κ1) is 12.5. The molecule has 1 aromatic carbocycles. The van der Waals surface area contributed by atoms with Gasteiger partial charge in [-0.15, -0.1) is 0 Å². The molecule has 0 saturated heterocycles. The highest BCUT2D eigenvalue weighted by molar-refractivity contribution is 7.89. The van der Waals surface area contributed by atoms with Gasteiger partial charge in [0.1, 0.15) is 0 Å². The summed E-state index contributed by atoms with van der Waals surface area (Å²) in [6.45, 7) is 0.576. The Morgan fingerprint density at radius 2 is 2.24 bits per heavy atom. The second-order valence-electron chi connectivity index (χ2n) is 4.03. The van der Waals surface area contributed by atoms with Crippen LogP contribution in [0.2, 0.25) is 0 Å². The Kier molecular flexibility index (Phi) is 3.48. The van der Waals surface area contributed by atoms with E-state index in [1.54, 1.807) is 12.1 Å². The summed E-state index contributed by atoms with van der Waals surface area (Å²) in [7, 11) is -3.66. The molecule has 6 heteroatoms. The summed E-state index contributed by atoms with van der Waals surface area (Å²) in [4.78, 5) is 0.126. The van der Waals surface area contributed by atoms with Gasteiger partial charge in [0.2, 0.25) is 10.0 Å². The Hall–Kier alpha value is -0.950. The van der Waals surface area contributed by atoms with Crippen molar-refractivity contribution in [3.63, 3.8) is 0 Å². The lowest BCUT2D eigenvalue weighted by Crippen LogP contribution is -2.19. The molecule has 1 heterocycles. The third-order valence-corrected chi connectivity index (χ3v) is 3.78. The molecule has 0 saturated carbocycles. The summed E-state index contributed by atoms with van der Waals surface area (Å²) in [6, 6.07) is 4.79. The minimum Gasteiger partial charge on any atom is -0.396 e. The number of fused-ring (bicyclic) bond motifs is 1. The molecular weight excluding hydrogens is 242 g/mol. The number of aliphatic hydroxyl groups is 1. The van der Waals surface area contributed by atoms with Crippen molar-refractivity contribution >= 4 is 10.0 Å². The van der Waals surface area contributed by atoms with Gasteiger partial charge in [-0.2, -0.15) is 0 Å². The van der Waals surface area contributed by atoms with E-state index >= 15 is 0 Å². The Morgan fingerprint density at radius 3 is 2.88 bits per heavy atom. The molecule has 1 atom stereocenters. The van der Waals surface area contributed by atoms with Gasteiger partial charge in [-0.05, 0) is 29.7 Å². The van der Waals surface area contributed by atoms with Crippen molar-refractivity contribution in [1.29, 1.82) is 0 Å². The van der Waals surface area contributed by atoms with Crippen LogP contribution in [0.15, 0.2) is 23.1 Å². The van der Waals surface area contributed by atoms with Gasteiger partial charge < -0.3 is 9.84 Å². The zero-order valence-electron chi connectivity index (χ0n) is 9.30. The van der Waals surface area contributed by atoms with Crippen LogP contribution in [0.1, 0.15) is 23.7 Å². The van der Waals surface area contributed by atoms with Crippen molar-refractivity contribution in [3.8, 4) is 0 Å². The Morgan fingerprint density at radius 1 is 1.47 bits per heavy atom. The molecule has 0 amide bonds. The fourth-order valence-electron chi connectivity index (χ4n) is 2.05. The van der Waals surface area contributed by atoms with Crippen molar-refractivity contribution in [2.24, 2.45) is 5.14 Å². The maximum atomic E-state index is 11.2. The molecule has 0 radical (unpaired) electrons. The molecule has 1 aliphatic rings. The molecule has 1 aromatic rings. The number of hydrogen-bond acceptors (Lipinski definition) is 4. The predicted octanol–water partition coefficient (Wildman–Crippen LogP) is 0.330. The van der Waals surface area contributed by atoms with Gasteiger partial charge in [0, 0.05) is 13.0 Å². The van der Waals surface area contributed by atoms with Crippen LogP contribution in [0.25, 0.3) is 0 Å². The quantitative estimate of drug-likeness (QED) is 0.816. The average Bonchev–Trinajstić information content (AvgIpc) is 2.28. The molecule has 0 spiro atoms. The van der Waals surface area contributed by atoms with Crippen molar-refractivity contribution in [2.75, 3.05) is 13.2 Å². The van der Waals surface area contributed by atoms with Gasteiger partial charge in [-0.1, -0.05) is 6.07 Å². The SMILES string of the molecule is NS(=O)(=O)c1ccc2c(c1)CCO[C@H]2CCO. The highest BCUT2D eigenvalue weighted by Crippen LogP contribution is 2.30.